The van der Waals surface area contributed by atoms with E-state index in [-0.39, 0.29) is 23.1 Å². The van der Waals surface area contributed by atoms with Gasteiger partial charge in [0.1, 0.15) is 5.69 Å². The van der Waals surface area contributed by atoms with Crippen LogP contribution in [0, 0.1) is 30.6 Å². The van der Waals surface area contributed by atoms with Crippen molar-refractivity contribution >= 4 is 17.6 Å². The lowest BCUT2D eigenvalue weighted by Gasteiger charge is -2.27. The molecule has 7 heteroatoms. The standard InChI is InChI=1S/C20H21N3O4/c1-11-17(19(25)23(22(11)2)14-6-4-3-5-7-14)21-18(24)15-12-8-9-13(10-12)16(15)20(26)27/h3-9,12-13,15-16H,10H2,1-2H3,(H,21,24)(H,26,27)/p-1/t12-,13+,15-,16+/m1/s1. The van der Waals surface area contributed by atoms with Crippen LogP contribution < -0.4 is 16.0 Å². The molecule has 27 heavy (non-hydrogen) atoms. The zero-order chi connectivity index (χ0) is 19.3. The molecule has 0 spiro atoms. The van der Waals surface area contributed by atoms with E-state index in [9.17, 15) is 19.5 Å². The summed E-state index contributed by atoms with van der Waals surface area (Å²) in [4.78, 5) is 37.3. The van der Waals surface area contributed by atoms with Crippen molar-refractivity contribution in [3.63, 3.8) is 0 Å². The van der Waals surface area contributed by atoms with Gasteiger partial charge < -0.3 is 15.2 Å². The molecular formula is C20H20N3O4-. The maximum atomic E-state index is 12.9. The fourth-order valence-corrected chi connectivity index (χ4v) is 4.42. The highest BCUT2D eigenvalue weighted by atomic mass is 16.4. The van der Waals surface area contributed by atoms with Crippen LogP contribution in [0.2, 0.25) is 0 Å². The van der Waals surface area contributed by atoms with E-state index in [2.05, 4.69) is 5.32 Å². The molecule has 0 aliphatic heterocycles. The monoisotopic (exact) mass is 366 g/mol. The fraction of sp³-hybridized carbons (Fsp3) is 0.350. The molecule has 0 saturated heterocycles. The van der Waals surface area contributed by atoms with Crippen molar-refractivity contribution in [2.24, 2.45) is 30.7 Å². The number of carboxylic acid groups (broad SMARTS) is 1. The second kappa shape index (κ2) is 6.26. The Morgan fingerprint density at radius 2 is 1.74 bits per heavy atom. The fourth-order valence-electron chi connectivity index (χ4n) is 4.42. The van der Waals surface area contributed by atoms with E-state index < -0.39 is 23.7 Å². The van der Waals surface area contributed by atoms with Crippen LogP contribution in [0.3, 0.4) is 0 Å². The molecular weight excluding hydrogens is 346 g/mol. The van der Waals surface area contributed by atoms with Crippen LogP contribution in [0.15, 0.2) is 47.3 Å². The number of rotatable bonds is 4. The van der Waals surface area contributed by atoms with Gasteiger partial charge >= 0.3 is 0 Å². The van der Waals surface area contributed by atoms with Gasteiger partial charge in [-0.3, -0.25) is 14.3 Å². The maximum Gasteiger partial charge on any atom is 0.295 e. The van der Waals surface area contributed by atoms with Crippen molar-refractivity contribution in [2.45, 2.75) is 13.3 Å². The predicted octanol–water partition coefficient (Wildman–Crippen LogP) is 0.611. The van der Waals surface area contributed by atoms with E-state index in [1.807, 2.05) is 30.4 Å². The molecule has 1 aromatic heterocycles. The molecule has 7 nitrogen and oxygen atoms in total. The molecule has 1 heterocycles. The summed E-state index contributed by atoms with van der Waals surface area (Å²) in [6.45, 7) is 1.74. The molecule has 1 fully saturated rings. The first-order chi connectivity index (χ1) is 12.9. The number of carboxylic acids is 1. The Bertz CT molecular complexity index is 1000. The van der Waals surface area contributed by atoms with E-state index in [4.69, 9.17) is 0 Å². The lowest BCUT2D eigenvalue weighted by atomic mass is 9.82. The molecule has 1 saturated carbocycles. The normalized spacial score (nSPS) is 25.7. The van der Waals surface area contributed by atoms with Gasteiger partial charge in [0.05, 0.1) is 17.3 Å². The number of aromatic nitrogens is 2. The first-order valence-corrected chi connectivity index (χ1v) is 8.94. The molecule has 0 unspecified atom stereocenters. The van der Waals surface area contributed by atoms with Gasteiger partial charge in [0.2, 0.25) is 5.91 Å². The SMILES string of the molecule is Cc1c(NC(=O)[C@H]2[C@@H](C(=O)[O-])[C@H]3C=C[C@@H]2C3)c(=O)n(-c2ccccc2)n1C. The number of nitrogens with zero attached hydrogens (tertiary/aromatic N) is 2. The van der Waals surface area contributed by atoms with Crippen molar-refractivity contribution in [3.8, 4) is 5.69 Å². The zero-order valence-corrected chi connectivity index (χ0v) is 15.1. The number of para-hydroxylation sites is 1. The van der Waals surface area contributed by atoms with Crippen LogP contribution in [0.1, 0.15) is 12.1 Å². The number of anilines is 1. The molecule has 2 aliphatic rings. The Morgan fingerprint density at radius 3 is 2.37 bits per heavy atom. The molecule has 0 radical (unpaired) electrons. The summed E-state index contributed by atoms with van der Waals surface area (Å²) in [5.41, 5.74) is 1.11. The van der Waals surface area contributed by atoms with Crippen LogP contribution in [-0.2, 0) is 16.6 Å². The minimum Gasteiger partial charge on any atom is -0.550 e. The Labute approximate surface area is 155 Å². The third-order valence-electron chi connectivity index (χ3n) is 5.84. The summed E-state index contributed by atoms with van der Waals surface area (Å²) in [6, 6.07) is 9.12. The van der Waals surface area contributed by atoms with E-state index in [0.29, 0.717) is 17.8 Å². The van der Waals surface area contributed by atoms with Gasteiger partial charge in [-0.1, -0.05) is 30.4 Å². The number of carbonyl (C=O) groups is 2. The number of fused-ring (bicyclic) bond motifs is 2. The van der Waals surface area contributed by atoms with Crippen molar-refractivity contribution in [1.82, 2.24) is 9.36 Å². The van der Waals surface area contributed by atoms with Crippen LogP contribution in [0.25, 0.3) is 5.69 Å². The number of aliphatic carboxylic acids is 1. The molecule has 1 aromatic carbocycles. The summed E-state index contributed by atoms with van der Waals surface area (Å²) in [6.07, 6.45) is 4.39. The highest BCUT2D eigenvalue weighted by Gasteiger charge is 2.48. The zero-order valence-electron chi connectivity index (χ0n) is 15.1. The molecule has 2 aliphatic carbocycles. The van der Waals surface area contributed by atoms with Crippen LogP contribution >= 0.6 is 0 Å². The quantitative estimate of drug-likeness (QED) is 0.802. The van der Waals surface area contributed by atoms with Crippen molar-refractivity contribution in [2.75, 3.05) is 5.32 Å². The van der Waals surface area contributed by atoms with E-state index in [1.54, 1.807) is 30.8 Å². The minimum atomic E-state index is -1.21. The van der Waals surface area contributed by atoms with Gasteiger partial charge in [0, 0.05) is 18.9 Å². The number of nitrogens with one attached hydrogen (secondary N) is 1. The highest BCUT2D eigenvalue weighted by Crippen LogP contribution is 2.48. The maximum absolute atomic E-state index is 12.9. The summed E-state index contributed by atoms with van der Waals surface area (Å²) < 4.78 is 3.14. The van der Waals surface area contributed by atoms with Gasteiger partial charge in [0.15, 0.2) is 0 Å². The molecule has 4 rings (SSSR count). The summed E-state index contributed by atoms with van der Waals surface area (Å²) in [7, 11) is 1.74. The number of allylic oxidation sites excluding steroid dienone is 2. The number of benzene rings is 1. The van der Waals surface area contributed by atoms with E-state index >= 15 is 0 Å². The van der Waals surface area contributed by atoms with Crippen molar-refractivity contribution in [1.29, 1.82) is 0 Å². The van der Waals surface area contributed by atoms with Gasteiger partial charge in [0.25, 0.3) is 5.56 Å². The first-order valence-electron chi connectivity index (χ1n) is 8.94. The molecule has 1 N–H and O–H groups in total. The Balaban J connectivity index is 1.68. The predicted molar refractivity (Wildman–Crippen MR) is 97.1 cm³/mol. The van der Waals surface area contributed by atoms with Gasteiger partial charge in [-0.15, -0.1) is 0 Å². The highest BCUT2D eigenvalue weighted by molar-refractivity contribution is 5.96. The smallest absolute Gasteiger partial charge is 0.295 e. The molecule has 140 valence electrons. The summed E-state index contributed by atoms with van der Waals surface area (Å²) in [5.74, 6) is -3.51. The second-order valence-corrected chi connectivity index (χ2v) is 7.24. The largest absolute Gasteiger partial charge is 0.550 e. The number of carbonyl (C=O) groups excluding carboxylic acids is 2. The Hall–Kier alpha value is -3.09. The molecule has 4 atom stereocenters. The Kier molecular flexibility index (Phi) is 4.02. The topological polar surface area (TPSA) is 96.2 Å². The summed E-state index contributed by atoms with van der Waals surface area (Å²) in [5, 5.41) is 14.2. The van der Waals surface area contributed by atoms with E-state index in [1.165, 1.54) is 4.68 Å². The van der Waals surface area contributed by atoms with E-state index in [0.717, 1.165) is 0 Å². The average molecular weight is 366 g/mol. The second-order valence-electron chi connectivity index (χ2n) is 7.24. The van der Waals surface area contributed by atoms with Crippen molar-refractivity contribution < 1.29 is 14.7 Å². The lowest BCUT2D eigenvalue weighted by Crippen LogP contribution is -2.43. The van der Waals surface area contributed by atoms with Crippen LogP contribution in [0.5, 0.6) is 0 Å². The van der Waals surface area contributed by atoms with Gasteiger partial charge in [-0.2, -0.15) is 0 Å². The Morgan fingerprint density at radius 1 is 1.11 bits per heavy atom. The lowest BCUT2D eigenvalue weighted by molar-refractivity contribution is -0.313. The number of hydrogen-bond donors (Lipinski definition) is 1. The van der Waals surface area contributed by atoms with Crippen LogP contribution in [-0.4, -0.2) is 21.2 Å². The van der Waals surface area contributed by atoms with Crippen LogP contribution in [0.4, 0.5) is 5.69 Å². The molecule has 2 bridgehead atoms. The van der Waals surface area contributed by atoms with Gasteiger partial charge in [-0.25, -0.2) is 4.68 Å². The van der Waals surface area contributed by atoms with Gasteiger partial charge in [-0.05, 0) is 37.3 Å². The minimum absolute atomic E-state index is 0.127. The molecule has 1 amide bonds. The molecule has 2 aromatic rings. The van der Waals surface area contributed by atoms with Crippen molar-refractivity contribution in [3.05, 3.63) is 58.5 Å². The number of hydrogen-bond acceptors (Lipinski definition) is 4. The average Bonchev–Trinajstić information content (AvgIpc) is 3.32. The summed E-state index contributed by atoms with van der Waals surface area (Å²) >= 11 is 0. The first kappa shape index (κ1) is 17.3. The number of amides is 1. The third kappa shape index (κ3) is 2.61. The third-order valence-corrected chi connectivity index (χ3v) is 5.84.